The summed E-state index contributed by atoms with van der Waals surface area (Å²) in [6.07, 6.45) is 0. The van der Waals surface area contributed by atoms with E-state index in [1.165, 1.54) is 0 Å². The average molecular weight is 532 g/mol. The van der Waals surface area contributed by atoms with Crippen LogP contribution in [0.2, 0.25) is 0 Å². The zero-order valence-corrected chi connectivity index (χ0v) is 12.3. The van der Waals surface area contributed by atoms with Crippen LogP contribution in [-0.4, -0.2) is 0 Å². The fourth-order valence-corrected chi connectivity index (χ4v) is 0. The molecule has 0 heterocycles. The molecule has 0 N–H and O–H groups in total. The molecule has 0 aliphatic carbocycles. The van der Waals surface area contributed by atoms with E-state index in [4.69, 9.17) is 0 Å². The van der Waals surface area contributed by atoms with Crippen molar-refractivity contribution in [2.45, 2.75) is 0 Å². The van der Waals surface area contributed by atoms with Gasteiger partial charge in [0.1, 0.15) is 0 Å². The number of rotatable bonds is 0. The normalized spacial score (nSPS) is 0. The molecule has 0 atom stereocenters. The molecule has 0 unspecified atom stereocenters. The van der Waals surface area contributed by atoms with Crippen molar-refractivity contribution in [2.24, 2.45) is 0 Å². The summed E-state index contributed by atoms with van der Waals surface area (Å²) in [6, 6.07) is 0. The molecule has 0 saturated heterocycles. The van der Waals surface area contributed by atoms with E-state index in [0.29, 0.717) is 0 Å². The third-order valence-electron chi connectivity index (χ3n) is 0. The van der Waals surface area contributed by atoms with Gasteiger partial charge in [-0.25, -0.2) is 0 Å². The van der Waals surface area contributed by atoms with Crippen molar-refractivity contribution in [3.05, 3.63) is 0 Å². The van der Waals surface area contributed by atoms with Crippen LogP contribution < -0.4 is 0 Å². The van der Waals surface area contributed by atoms with E-state index in [1.54, 1.807) is 0 Å². The van der Waals surface area contributed by atoms with Crippen LogP contribution in [0.5, 0.6) is 0 Å². The molecule has 0 rings (SSSR count). The van der Waals surface area contributed by atoms with Gasteiger partial charge in [0.2, 0.25) is 0 Å². The number of hydrogen-bond donors (Lipinski definition) is 0. The summed E-state index contributed by atoms with van der Waals surface area (Å²) in [7, 11) is 0. The summed E-state index contributed by atoms with van der Waals surface area (Å²) >= 11 is 0. The summed E-state index contributed by atoms with van der Waals surface area (Å²) in [4.78, 5) is 0. The van der Waals surface area contributed by atoms with Crippen LogP contribution >= 0.6 is 0 Å². The second kappa shape index (κ2) is 51.5. The van der Waals surface area contributed by atoms with Crippen LogP contribution in [0.15, 0.2) is 0 Å². The maximum Gasteiger partial charge on any atom is 0 e. The maximum atomic E-state index is 0. The minimum Gasteiger partial charge on any atom is 0 e. The van der Waals surface area contributed by atoms with E-state index in [2.05, 4.69) is 0 Å². The Morgan fingerprint density at radius 1 is 0.286 bits per heavy atom. The molecule has 0 nitrogen and oxygen atoms in total. The van der Waals surface area contributed by atoms with Gasteiger partial charge >= 0.3 is 0 Å². The van der Waals surface area contributed by atoms with Crippen molar-refractivity contribution in [3.8, 4) is 0 Å². The van der Waals surface area contributed by atoms with Crippen LogP contribution in [0.4, 0.5) is 0 Å². The van der Waals surface area contributed by atoms with Crippen LogP contribution in [0, 0.1) is 0 Å². The zero-order chi connectivity index (χ0) is 0. The van der Waals surface area contributed by atoms with Crippen molar-refractivity contribution in [1.82, 2.24) is 0 Å². The molecule has 0 bridgehead atoms. The van der Waals surface area contributed by atoms with Crippen LogP contribution in [-0.2, 0) is 127 Å². The van der Waals surface area contributed by atoms with E-state index in [1.807, 2.05) is 0 Å². The Labute approximate surface area is 124 Å². The Morgan fingerprint density at radius 3 is 0.286 bits per heavy atom. The molecule has 0 aromatic rings. The summed E-state index contributed by atoms with van der Waals surface area (Å²) in [5.74, 6) is 0. The Kier molecular flexibility index (Phi) is 515. The Morgan fingerprint density at radius 2 is 0.286 bits per heavy atom. The SMILES string of the molecule is [Co].[Co].[Co].[Co].[Co].[Co].[Hf]. The quantitative estimate of drug-likeness (QED) is 0.386. The third kappa shape index (κ3) is 40.6. The van der Waals surface area contributed by atoms with Gasteiger partial charge in [-0.05, 0) is 0 Å². The molecule has 58 valence electrons. The van der Waals surface area contributed by atoms with Gasteiger partial charge in [-0.15, -0.1) is 0 Å². The summed E-state index contributed by atoms with van der Waals surface area (Å²) in [5.41, 5.74) is 0. The smallest absolute Gasteiger partial charge is 0 e. The van der Waals surface area contributed by atoms with Crippen molar-refractivity contribution in [2.75, 3.05) is 0 Å². The topological polar surface area (TPSA) is 0 Å². The molecule has 7 heteroatoms. The number of hydrogen-bond acceptors (Lipinski definition) is 0. The molecule has 0 aromatic carbocycles. The first kappa shape index (κ1) is 70.1. The maximum absolute atomic E-state index is 0. The van der Waals surface area contributed by atoms with E-state index in [-0.39, 0.29) is 127 Å². The fraction of sp³-hybridized carbons (Fsp3) is 0. The minimum atomic E-state index is 0. The van der Waals surface area contributed by atoms with Gasteiger partial charge in [-0.1, -0.05) is 0 Å². The van der Waals surface area contributed by atoms with Gasteiger partial charge in [0.05, 0.1) is 0 Å². The van der Waals surface area contributed by atoms with E-state index < -0.39 is 0 Å². The van der Waals surface area contributed by atoms with Gasteiger partial charge in [0, 0.05) is 127 Å². The van der Waals surface area contributed by atoms with E-state index in [9.17, 15) is 0 Å². The van der Waals surface area contributed by atoms with Crippen molar-refractivity contribution in [3.63, 3.8) is 0 Å². The fourth-order valence-electron chi connectivity index (χ4n) is 0. The average Bonchev–Trinajstić information content (AvgIpc) is 0. The molecule has 0 amide bonds. The van der Waals surface area contributed by atoms with Crippen molar-refractivity contribution in [1.29, 1.82) is 0 Å². The molecule has 7 heavy (non-hydrogen) atoms. The van der Waals surface area contributed by atoms with Gasteiger partial charge < -0.3 is 0 Å². The predicted molar refractivity (Wildman–Crippen MR) is 0 cm³/mol. The molecular formula is Co6Hf. The standard InChI is InChI=1S/6Co.Hf. The molecule has 6 radical (unpaired) electrons. The molecule has 0 aliphatic heterocycles. The Bertz CT molecular complexity index is 4.14. The Hall–Kier alpha value is 3.91. The third-order valence-corrected chi connectivity index (χ3v) is 0. The molecule has 0 fully saturated rings. The summed E-state index contributed by atoms with van der Waals surface area (Å²) < 4.78 is 0. The van der Waals surface area contributed by atoms with E-state index in [0.717, 1.165) is 0 Å². The largest absolute Gasteiger partial charge is 0 e. The Balaban J connectivity index is 0. The van der Waals surface area contributed by atoms with Crippen LogP contribution in [0.1, 0.15) is 0 Å². The first-order valence-corrected chi connectivity index (χ1v) is 0. The minimum absolute atomic E-state index is 0. The molecular weight excluding hydrogens is 532 g/mol. The molecule has 0 spiro atoms. The van der Waals surface area contributed by atoms with Crippen LogP contribution in [0.25, 0.3) is 0 Å². The van der Waals surface area contributed by atoms with Crippen molar-refractivity contribution >= 4 is 0 Å². The summed E-state index contributed by atoms with van der Waals surface area (Å²) in [6.45, 7) is 0. The van der Waals surface area contributed by atoms with Gasteiger partial charge in [-0.2, -0.15) is 0 Å². The predicted octanol–water partition coefficient (Wildman–Crippen LogP) is -0.0175. The second-order valence-corrected chi connectivity index (χ2v) is 0. The van der Waals surface area contributed by atoms with Gasteiger partial charge in [0.25, 0.3) is 0 Å². The van der Waals surface area contributed by atoms with Crippen LogP contribution in [0.3, 0.4) is 0 Å². The second-order valence-electron chi connectivity index (χ2n) is 0. The zero-order valence-electron chi connectivity index (χ0n) is 2.50. The first-order chi connectivity index (χ1) is 0. The molecule has 0 aromatic heterocycles. The molecule has 0 aliphatic rings. The first-order valence-electron chi connectivity index (χ1n) is 0. The van der Waals surface area contributed by atoms with E-state index >= 15 is 0 Å². The monoisotopic (exact) mass is 534 g/mol. The molecule has 0 saturated carbocycles. The van der Waals surface area contributed by atoms with Gasteiger partial charge in [-0.3, -0.25) is 0 Å². The van der Waals surface area contributed by atoms with Crippen molar-refractivity contribution < 1.29 is 127 Å². The van der Waals surface area contributed by atoms with Gasteiger partial charge in [0.15, 0.2) is 0 Å². The summed E-state index contributed by atoms with van der Waals surface area (Å²) in [5, 5.41) is 0.